The molecule has 0 saturated carbocycles. The zero-order chi connectivity index (χ0) is 25.0. The molecular formula is C26H28BrN3O5S. The normalized spacial score (nSPS) is 14.6. The Hall–Kier alpha value is -3.11. The van der Waals surface area contributed by atoms with Crippen molar-refractivity contribution in [2.75, 3.05) is 38.1 Å². The molecule has 1 aliphatic rings. The highest BCUT2D eigenvalue weighted by Gasteiger charge is 2.36. The number of Topliss-reactive ketones (excluding diaryl/α,β-unsaturated/α-hetero) is 1. The van der Waals surface area contributed by atoms with Gasteiger partial charge in [-0.2, -0.15) is 13.5 Å². The molecule has 0 spiro atoms. The van der Waals surface area contributed by atoms with Crippen LogP contribution in [0.4, 0.5) is 5.69 Å². The van der Waals surface area contributed by atoms with Crippen molar-refractivity contribution in [3.05, 3.63) is 46.8 Å². The molecule has 1 atom stereocenters. The number of nitrogens with zero attached hydrogens (tertiary/aromatic N) is 1. The van der Waals surface area contributed by atoms with Gasteiger partial charge >= 0.3 is 0 Å². The first kappa shape index (κ1) is 26.0. The molecule has 2 aromatic heterocycles. The summed E-state index contributed by atoms with van der Waals surface area (Å²) in [7, 11) is 4.65. The number of hydrogen-bond acceptors (Lipinski definition) is 5. The van der Waals surface area contributed by atoms with Crippen LogP contribution in [0.25, 0.3) is 21.8 Å². The number of aryl methyl sites for hydroxylation is 1. The number of hydrogen-bond donors (Lipinski definition) is 2. The van der Waals surface area contributed by atoms with Crippen LogP contribution in [0.1, 0.15) is 44.9 Å². The zero-order valence-corrected chi connectivity index (χ0v) is 23.3. The number of aromatic nitrogens is 2. The minimum Gasteiger partial charge on any atom is -0.493 e. The molecule has 3 heterocycles. The van der Waals surface area contributed by atoms with E-state index in [9.17, 15) is 9.59 Å². The van der Waals surface area contributed by atoms with Gasteiger partial charge in [-0.05, 0) is 43.7 Å². The van der Waals surface area contributed by atoms with Gasteiger partial charge in [-0.3, -0.25) is 9.59 Å². The highest BCUT2D eigenvalue weighted by molar-refractivity contribution is 9.09. The summed E-state index contributed by atoms with van der Waals surface area (Å²) in [6.07, 6.45) is 0. The Morgan fingerprint density at radius 3 is 2.42 bits per heavy atom. The molecule has 0 aliphatic carbocycles. The van der Waals surface area contributed by atoms with Crippen molar-refractivity contribution in [2.45, 2.75) is 19.8 Å². The number of carbonyl (C=O) groups is 2. The van der Waals surface area contributed by atoms with Crippen molar-refractivity contribution >= 4 is 68.6 Å². The molecule has 1 aliphatic heterocycles. The van der Waals surface area contributed by atoms with Gasteiger partial charge in [0, 0.05) is 51.0 Å². The Labute approximate surface area is 223 Å². The number of carbonyl (C=O) groups excluding carboxylic acids is 2. The molecule has 0 radical (unpaired) electrons. The lowest BCUT2D eigenvalue weighted by atomic mass is 9.95. The number of H-pyrrole nitrogens is 2. The predicted molar refractivity (Wildman–Crippen MR) is 150 cm³/mol. The summed E-state index contributed by atoms with van der Waals surface area (Å²) in [5, 5.41) is 2.34. The number of anilines is 1. The highest BCUT2D eigenvalue weighted by Crippen LogP contribution is 2.46. The lowest BCUT2D eigenvalue weighted by molar-refractivity contribution is 0.0982. The quantitative estimate of drug-likeness (QED) is 0.236. The molecule has 2 aromatic carbocycles. The number of fused-ring (bicyclic) bond motifs is 4. The molecule has 4 aromatic rings. The summed E-state index contributed by atoms with van der Waals surface area (Å²) in [4.78, 5) is 34.6. The van der Waals surface area contributed by atoms with Gasteiger partial charge in [-0.25, -0.2) is 0 Å². The van der Waals surface area contributed by atoms with E-state index in [1.807, 2.05) is 25.1 Å². The zero-order valence-electron chi connectivity index (χ0n) is 20.7. The predicted octanol–water partition coefficient (Wildman–Crippen LogP) is 5.44. The van der Waals surface area contributed by atoms with Gasteiger partial charge in [-0.15, -0.1) is 0 Å². The van der Waals surface area contributed by atoms with Crippen LogP contribution >= 0.6 is 29.4 Å². The Morgan fingerprint density at radius 2 is 1.81 bits per heavy atom. The van der Waals surface area contributed by atoms with E-state index in [1.54, 1.807) is 39.2 Å². The molecule has 8 nitrogen and oxygen atoms in total. The fourth-order valence-corrected chi connectivity index (χ4v) is 5.78. The summed E-state index contributed by atoms with van der Waals surface area (Å²) in [6.45, 7) is 3.99. The number of halogens is 1. The van der Waals surface area contributed by atoms with E-state index in [4.69, 9.17) is 14.2 Å². The molecule has 1 unspecified atom stereocenters. The summed E-state index contributed by atoms with van der Waals surface area (Å²) in [5.41, 5.74) is 5.33. The number of benzene rings is 2. The number of amides is 1. The van der Waals surface area contributed by atoms with Crippen LogP contribution in [0.3, 0.4) is 0 Å². The van der Waals surface area contributed by atoms with Crippen LogP contribution in [0, 0.1) is 6.92 Å². The summed E-state index contributed by atoms with van der Waals surface area (Å²) in [5.74, 6) is 1.33. The van der Waals surface area contributed by atoms with Crippen LogP contribution < -0.4 is 19.1 Å². The Kier molecular flexibility index (Phi) is 7.03. The van der Waals surface area contributed by atoms with Crippen LogP contribution in [0.15, 0.2) is 24.3 Å². The third kappa shape index (κ3) is 3.74. The number of methoxy groups -OCH3 is 3. The molecular weight excluding hydrogens is 546 g/mol. The maximum Gasteiger partial charge on any atom is 0.274 e. The first-order valence-electron chi connectivity index (χ1n) is 11.2. The van der Waals surface area contributed by atoms with Gasteiger partial charge in [-0.1, -0.05) is 15.9 Å². The Balaban J connectivity index is 0.00000304. The van der Waals surface area contributed by atoms with E-state index in [1.165, 1.54) is 0 Å². The summed E-state index contributed by atoms with van der Waals surface area (Å²) < 4.78 is 16.5. The van der Waals surface area contributed by atoms with Gasteiger partial charge in [0.2, 0.25) is 5.75 Å². The minimum atomic E-state index is -0.165. The first-order chi connectivity index (χ1) is 16.8. The minimum absolute atomic E-state index is 0. The molecule has 36 heavy (non-hydrogen) atoms. The van der Waals surface area contributed by atoms with E-state index in [0.29, 0.717) is 45.9 Å². The molecule has 1 amide bonds. The number of nitrogens with one attached hydrogen (secondary N) is 2. The van der Waals surface area contributed by atoms with E-state index in [-0.39, 0.29) is 31.1 Å². The lowest BCUT2D eigenvalue weighted by Crippen LogP contribution is -2.30. The maximum atomic E-state index is 13.8. The van der Waals surface area contributed by atoms with E-state index in [0.717, 1.165) is 33.2 Å². The summed E-state index contributed by atoms with van der Waals surface area (Å²) >= 11 is 3.63. The number of ether oxygens (including phenoxy) is 3. The molecule has 190 valence electrons. The number of aromatic amines is 2. The highest BCUT2D eigenvalue weighted by atomic mass is 79.9. The molecule has 2 N–H and O–H groups in total. The Bertz CT molecular complexity index is 1510. The smallest absolute Gasteiger partial charge is 0.274 e. The van der Waals surface area contributed by atoms with Crippen LogP contribution in [-0.4, -0.2) is 54.9 Å². The van der Waals surface area contributed by atoms with Crippen molar-refractivity contribution < 1.29 is 23.8 Å². The van der Waals surface area contributed by atoms with Gasteiger partial charge in [0.1, 0.15) is 5.69 Å². The number of rotatable bonds is 6. The van der Waals surface area contributed by atoms with Crippen molar-refractivity contribution in [1.82, 2.24) is 9.97 Å². The maximum absolute atomic E-state index is 13.8. The van der Waals surface area contributed by atoms with Crippen molar-refractivity contribution in [2.24, 2.45) is 0 Å². The van der Waals surface area contributed by atoms with Gasteiger partial charge in [0.25, 0.3) is 5.91 Å². The molecule has 5 rings (SSSR count). The van der Waals surface area contributed by atoms with Gasteiger partial charge < -0.3 is 29.1 Å². The van der Waals surface area contributed by atoms with Gasteiger partial charge in [0.15, 0.2) is 17.3 Å². The molecule has 10 heteroatoms. The van der Waals surface area contributed by atoms with Crippen molar-refractivity contribution in [3.8, 4) is 17.2 Å². The third-order valence-electron chi connectivity index (χ3n) is 6.71. The summed E-state index contributed by atoms with van der Waals surface area (Å²) in [6, 6.07) is 7.50. The lowest BCUT2D eigenvalue weighted by Gasteiger charge is -2.17. The molecule has 0 bridgehead atoms. The van der Waals surface area contributed by atoms with Crippen molar-refractivity contribution in [3.63, 3.8) is 0 Å². The second-order valence-corrected chi connectivity index (χ2v) is 9.31. The van der Waals surface area contributed by atoms with E-state index in [2.05, 4.69) is 25.9 Å². The monoisotopic (exact) mass is 573 g/mol. The van der Waals surface area contributed by atoms with E-state index < -0.39 is 0 Å². The second kappa shape index (κ2) is 9.74. The van der Waals surface area contributed by atoms with Crippen LogP contribution in [0.2, 0.25) is 0 Å². The fourth-order valence-electron chi connectivity index (χ4n) is 5.26. The van der Waals surface area contributed by atoms with Gasteiger partial charge in [0.05, 0.1) is 26.8 Å². The Morgan fingerprint density at radius 1 is 1.08 bits per heavy atom. The average Bonchev–Trinajstić information content (AvgIpc) is 3.53. The fraction of sp³-hybridized carbons (Fsp3) is 0.308. The number of ketones is 1. The topological polar surface area (TPSA) is 96.7 Å². The number of alkyl halides is 1. The van der Waals surface area contributed by atoms with Crippen LogP contribution in [0.5, 0.6) is 17.2 Å². The second-order valence-electron chi connectivity index (χ2n) is 8.66. The van der Waals surface area contributed by atoms with E-state index >= 15 is 0 Å². The standard InChI is InChI=1S/C26H26BrN3O5.H2S/c1-12-20(13(2)31)22-16(28-12)6-7-18-21(22)15(10-27)11-30(18)26(32)17-8-14-9-19(33-3)24(34-4)25(35-5)23(14)29-17;/h6-9,15,28-29H,10-11H2,1-5H3;1H2. The average molecular weight is 574 g/mol. The SMILES string of the molecule is COc1cc2cc(C(=O)N3CC(CBr)c4c3ccc3[nH]c(C)c(C(C)=O)c43)[nH]c2c(OC)c1OC.S. The first-order valence-corrected chi connectivity index (χ1v) is 12.3. The van der Waals surface area contributed by atoms with Crippen molar-refractivity contribution in [1.29, 1.82) is 0 Å². The third-order valence-corrected chi connectivity index (χ3v) is 7.49. The largest absolute Gasteiger partial charge is 0.493 e. The van der Waals surface area contributed by atoms with Crippen LogP contribution in [-0.2, 0) is 0 Å². The molecule has 0 fully saturated rings. The molecule has 0 saturated heterocycles.